The van der Waals surface area contributed by atoms with Gasteiger partial charge in [0, 0.05) is 24.8 Å². The van der Waals surface area contributed by atoms with Gasteiger partial charge in [-0.05, 0) is 43.4 Å². The zero-order valence-corrected chi connectivity index (χ0v) is 15.1. The molecule has 1 atom stereocenters. The van der Waals surface area contributed by atoms with E-state index in [1.165, 1.54) is 12.1 Å². The van der Waals surface area contributed by atoms with E-state index in [1.54, 1.807) is 36.3 Å². The molecule has 0 spiro atoms. The van der Waals surface area contributed by atoms with E-state index in [1.807, 2.05) is 0 Å². The SMILES string of the molecule is Cn1cc(C(NC(=O)NC2CCC(C(=O)O)CC2)c2ccc(F)cc2)cn1. The molecule has 2 aromatic rings. The van der Waals surface area contributed by atoms with Gasteiger partial charge in [0.05, 0.1) is 18.2 Å². The summed E-state index contributed by atoms with van der Waals surface area (Å²) in [6.07, 6.45) is 5.85. The molecule has 7 nitrogen and oxygen atoms in total. The fraction of sp³-hybridized carbons (Fsp3) is 0.421. The number of benzene rings is 1. The van der Waals surface area contributed by atoms with Crippen LogP contribution >= 0.6 is 0 Å². The predicted molar refractivity (Wildman–Crippen MR) is 96.5 cm³/mol. The van der Waals surface area contributed by atoms with Crippen molar-refractivity contribution in [1.29, 1.82) is 0 Å². The second-order valence-electron chi connectivity index (χ2n) is 6.94. The van der Waals surface area contributed by atoms with Crippen LogP contribution in [0.15, 0.2) is 36.7 Å². The molecular formula is C19H23FN4O3. The number of carboxylic acids is 1. The van der Waals surface area contributed by atoms with Crippen molar-refractivity contribution in [2.24, 2.45) is 13.0 Å². The van der Waals surface area contributed by atoms with E-state index >= 15 is 0 Å². The van der Waals surface area contributed by atoms with Gasteiger partial charge in [-0.2, -0.15) is 5.10 Å². The number of nitrogens with zero attached hydrogens (tertiary/aromatic N) is 2. The molecule has 1 aromatic heterocycles. The molecule has 144 valence electrons. The van der Waals surface area contributed by atoms with Crippen molar-refractivity contribution >= 4 is 12.0 Å². The predicted octanol–water partition coefficient (Wildman–Crippen LogP) is 2.59. The van der Waals surface area contributed by atoms with E-state index < -0.39 is 12.0 Å². The maximum Gasteiger partial charge on any atom is 0.315 e. The molecule has 3 rings (SSSR count). The number of carboxylic acid groups (broad SMARTS) is 1. The van der Waals surface area contributed by atoms with Gasteiger partial charge in [-0.1, -0.05) is 12.1 Å². The number of aromatic nitrogens is 2. The Kier molecular flexibility index (Phi) is 5.73. The van der Waals surface area contributed by atoms with E-state index in [-0.39, 0.29) is 23.8 Å². The molecule has 1 fully saturated rings. The molecule has 1 unspecified atom stereocenters. The van der Waals surface area contributed by atoms with Crippen molar-refractivity contribution in [3.05, 3.63) is 53.6 Å². The molecule has 0 saturated heterocycles. The lowest BCUT2D eigenvalue weighted by molar-refractivity contribution is -0.142. The standard InChI is InChI=1S/C19H23FN4O3/c1-24-11-14(10-21-24)17(12-2-6-15(20)7-3-12)23-19(27)22-16-8-4-13(5-9-16)18(25)26/h2-3,6-7,10-11,13,16-17H,4-5,8-9H2,1H3,(H,25,26)(H2,22,23,27). The molecule has 0 aliphatic heterocycles. The summed E-state index contributed by atoms with van der Waals surface area (Å²) < 4.78 is 14.9. The van der Waals surface area contributed by atoms with Crippen molar-refractivity contribution in [3.63, 3.8) is 0 Å². The number of halogens is 1. The quantitative estimate of drug-likeness (QED) is 0.749. The minimum Gasteiger partial charge on any atom is -0.481 e. The lowest BCUT2D eigenvalue weighted by Gasteiger charge is -2.28. The number of aryl methyl sites for hydroxylation is 1. The summed E-state index contributed by atoms with van der Waals surface area (Å²) >= 11 is 0. The Hall–Kier alpha value is -2.90. The van der Waals surface area contributed by atoms with Gasteiger partial charge in [0.2, 0.25) is 0 Å². The van der Waals surface area contributed by atoms with Crippen molar-refractivity contribution < 1.29 is 19.1 Å². The number of urea groups is 1. The van der Waals surface area contributed by atoms with E-state index in [2.05, 4.69) is 15.7 Å². The Labute approximate surface area is 156 Å². The van der Waals surface area contributed by atoms with Crippen LogP contribution in [0.25, 0.3) is 0 Å². The van der Waals surface area contributed by atoms with E-state index in [0.29, 0.717) is 25.7 Å². The molecule has 1 heterocycles. The third-order valence-electron chi connectivity index (χ3n) is 4.95. The van der Waals surface area contributed by atoms with Crippen LogP contribution in [0.3, 0.4) is 0 Å². The minimum atomic E-state index is -0.772. The fourth-order valence-electron chi connectivity index (χ4n) is 3.45. The summed E-state index contributed by atoms with van der Waals surface area (Å²) in [5.74, 6) is -1.44. The van der Waals surface area contributed by atoms with E-state index in [9.17, 15) is 14.0 Å². The zero-order valence-electron chi connectivity index (χ0n) is 15.1. The van der Waals surface area contributed by atoms with Crippen LogP contribution in [-0.2, 0) is 11.8 Å². The molecular weight excluding hydrogens is 351 g/mol. The second-order valence-corrected chi connectivity index (χ2v) is 6.94. The lowest BCUT2D eigenvalue weighted by Crippen LogP contribution is -2.45. The van der Waals surface area contributed by atoms with Gasteiger partial charge in [0.15, 0.2) is 0 Å². The summed E-state index contributed by atoms with van der Waals surface area (Å²) in [5.41, 5.74) is 1.53. The number of amides is 2. The van der Waals surface area contributed by atoms with E-state index in [0.717, 1.165) is 11.1 Å². The van der Waals surface area contributed by atoms with Crippen LogP contribution in [0.5, 0.6) is 0 Å². The first-order valence-electron chi connectivity index (χ1n) is 8.96. The average Bonchev–Trinajstić information content (AvgIpc) is 3.07. The molecule has 27 heavy (non-hydrogen) atoms. The summed E-state index contributed by atoms with van der Waals surface area (Å²) in [6, 6.07) is 5.11. The molecule has 3 N–H and O–H groups in total. The van der Waals surface area contributed by atoms with Gasteiger partial charge in [-0.15, -0.1) is 0 Å². The number of carbonyl (C=O) groups excluding carboxylic acids is 1. The van der Waals surface area contributed by atoms with Crippen LogP contribution in [0.1, 0.15) is 42.9 Å². The summed E-state index contributed by atoms with van der Waals surface area (Å²) in [4.78, 5) is 23.6. The monoisotopic (exact) mass is 374 g/mol. The molecule has 1 saturated carbocycles. The third kappa shape index (κ3) is 4.84. The Morgan fingerprint density at radius 3 is 2.41 bits per heavy atom. The number of aliphatic carboxylic acids is 1. The largest absolute Gasteiger partial charge is 0.481 e. The Morgan fingerprint density at radius 1 is 1.19 bits per heavy atom. The molecule has 0 radical (unpaired) electrons. The molecule has 1 aliphatic rings. The van der Waals surface area contributed by atoms with Crippen molar-refractivity contribution in [2.45, 2.75) is 37.8 Å². The highest BCUT2D eigenvalue weighted by Gasteiger charge is 2.27. The Morgan fingerprint density at radius 2 is 1.85 bits per heavy atom. The van der Waals surface area contributed by atoms with Crippen LogP contribution in [0, 0.1) is 11.7 Å². The number of nitrogens with one attached hydrogen (secondary N) is 2. The van der Waals surface area contributed by atoms with Crippen LogP contribution in [0.4, 0.5) is 9.18 Å². The first kappa shape index (κ1) is 18.9. The zero-order chi connectivity index (χ0) is 19.4. The summed E-state index contributed by atoms with van der Waals surface area (Å²) in [7, 11) is 1.78. The lowest BCUT2D eigenvalue weighted by atomic mass is 9.86. The number of hydrogen-bond acceptors (Lipinski definition) is 3. The highest BCUT2D eigenvalue weighted by Crippen LogP contribution is 2.25. The second kappa shape index (κ2) is 8.20. The molecule has 0 bridgehead atoms. The smallest absolute Gasteiger partial charge is 0.315 e. The van der Waals surface area contributed by atoms with Crippen LogP contribution in [0.2, 0.25) is 0 Å². The topological polar surface area (TPSA) is 96.2 Å². The van der Waals surface area contributed by atoms with E-state index in [4.69, 9.17) is 5.11 Å². The summed E-state index contributed by atoms with van der Waals surface area (Å²) in [5, 5.41) is 19.1. The van der Waals surface area contributed by atoms with Crippen molar-refractivity contribution in [2.75, 3.05) is 0 Å². The number of hydrogen-bond donors (Lipinski definition) is 3. The summed E-state index contributed by atoms with van der Waals surface area (Å²) in [6.45, 7) is 0. The van der Waals surface area contributed by atoms with Gasteiger partial charge in [0.25, 0.3) is 0 Å². The molecule has 8 heteroatoms. The van der Waals surface area contributed by atoms with Gasteiger partial charge in [-0.25, -0.2) is 9.18 Å². The van der Waals surface area contributed by atoms with Crippen LogP contribution < -0.4 is 10.6 Å². The third-order valence-corrected chi connectivity index (χ3v) is 4.95. The van der Waals surface area contributed by atoms with Gasteiger partial charge >= 0.3 is 12.0 Å². The number of rotatable bonds is 5. The normalized spacial score (nSPS) is 20.7. The van der Waals surface area contributed by atoms with Crippen LogP contribution in [-0.4, -0.2) is 32.9 Å². The first-order valence-corrected chi connectivity index (χ1v) is 8.96. The molecule has 2 amide bonds. The van der Waals surface area contributed by atoms with Crippen molar-refractivity contribution in [1.82, 2.24) is 20.4 Å². The highest BCUT2D eigenvalue weighted by molar-refractivity contribution is 5.75. The fourth-order valence-corrected chi connectivity index (χ4v) is 3.45. The maximum absolute atomic E-state index is 13.3. The maximum atomic E-state index is 13.3. The highest BCUT2D eigenvalue weighted by atomic mass is 19.1. The number of carbonyl (C=O) groups is 2. The molecule has 1 aliphatic carbocycles. The average molecular weight is 374 g/mol. The minimum absolute atomic E-state index is 0.0524. The first-order chi connectivity index (χ1) is 12.9. The molecule has 1 aromatic carbocycles. The van der Waals surface area contributed by atoms with Crippen molar-refractivity contribution in [3.8, 4) is 0 Å². The van der Waals surface area contributed by atoms with Gasteiger partial charge < -0.3 is 15.7 Å². The Balaban J connectivity index is 1.66. The Bertz CT molecular complexity index is 798. The van der Waals surface area contributed by atoms with Gasteiger partial charge in [-0.3, -0.25) is 9.48 Å². The van der Waals surface area contributed by atoms with Gasteiger partial charge in [0.1, 0.15) is 5.82 Å².